The van der Waals surface area contributed by atoms with Crippen LogP contribution in [-0.4, -0.2) is 6.61 Å². The fraction of sp³-hybridized carbons (Fsp3) is 0.222. The molecule has 0 unspecified atom stereocenters. The molecule has 0 atom stereocenters. The SMILES string of the molecule is N#CCOc1c(F)cccc1CBr. The molecule has 0 aliphatic rings. The first-order valence-corrected chi connectivity index (χ1v) is 4.75. The Morgan fingerprint density at radius 3 is 2.92 bits per heavy atom. The molecule has 0 aliphatic carbocycles. The Labute approximate surface area is 84.1 Å². The van der Waals surface area contributed by atoms with E-state index in [1.807, 2.05) is 0 Å². The van der Waals surface area contributed by atoms with Crippen molar-refractivity contribution in [3.8, 4) is 11.8 Å². The lowest BCUT2D eigenvalue weighted by Crippen LogP contribution is -1.99. The predicted octanol–water partition coefficient (Wildman–Crippen LogP) is 2.62. The Bertz CT molecular complexity index is 335. The van der Waals surface area contributed by atoms with Crippen LogP contribution in [0.4, 0.5) is 4.39 Å². The molecular weight excluding hydrogens is 237 g/mol. The topological polar surface area (TPSA) is 33.0 Å². The number of halogens is 2. The molecule has 0 saturated heterocycles. The van der Waals surface area contributed by atoms with E-state index in [1.54, 1.807) is 18.2 Å². The number of ether oxygens (including phenoxy) is 1. The van der Waals surface area contributed by atoms with Gasteiger partial charge in [-0.2, -0.15) is 5.26 Å². The summed E-state index contributed by atoms with van der Waals surface area (Å²) >= 11 is 3.20. The molecule has 0 amide bonds. The minimum atomic E-state index is -0.438. The van der Waals surface area contributed by atoms with Crippen LogP contribution in [0.1, 0.15) is 5.56 Å². The highest BCUT2D eigenvalue weighted by Crippen LogP contribution is 2.24. The zero-order chi connectivity index (χ0) is 9.68. The first-order chi connectivity index (χ1) is 6.29. The van der Waals surface area contributed by atoms with Gasteiger partial charge in [-0.25, -0.2) is 4.39 Å². The molecule has 0 N–H and O–H groups in total. The van der Waals surface area contributed by atoms with Crippen LogP contribution in [0.3, 0.4) is 0 Å². The molecule has 1 aromatic rings. The minimum Gasteiger partial charge on any atom is -0.475 e. The van der Waals surface area contributed by atoms with Gasteiger partial charge in [0.05, 0.1) is 0 Å². The van der Waals surface area contributed by atoms with Gasteiger partial charge in [0.25, 0.3) is 0 Å². The van der Waals surface area contributed by atoms with Crippen molar-refractivity contribution in [2.24, 2.45) is 0 Å². The van der Waals surface area contributed by atoms with Crippen LogP contribution in [0, 0.1) is 17.1 Å². The Balaban J connectivity index is 2.95. The number of benzene rings is 1. The van der Waals surface area contributed by atoms with Crippen molar-refractivity contribution in [2.75, 3.05) is 6.61 Å². The van der Waals surface area contributed by atoms with Crippen LogP contribution in [0.5, 0.6) is 5.75 Å². The monoisotopic (exact) mass is 243 g/mol. The van der Waals surface area contributed by atoms with Crippen LogP contribution < -0.4 is 4.74 Å². The van der Waals surface area contributed by atoms with Crippen molar-refractivity contribution >= 4 is 15.9 Å². The summed E-state index contributed by atoms with van der Waals surface area (Å²) in [4.78, 5) is 0. The van der Waals surface area contributed by atoms with Crippen molar-refractivity contribution in [3.05, 3.63) is 29.6 Å². The maximum atomic E-state index is 13.1. The Hall–Kier alpha value is -1.08. The van der Waals surface area contributed by atoms with E-state index in [0.717, 1.165) is 0 Å². The molecule has 0 fully saturated rings. The van der Waals surface area contributed by atoms with Crippen LogP contribution in [0.15, 0.2) is 18.2 Å². The Morgan fingerprint density at radius 1 is 1.54 bits per heavy atom. The molecular formula is C9H7BrFNO. The van der Waals surface area contributed by atoms with Gasteiger partial charge in [0.15, 0.2) is 18.2 Å². The maximum Gasteiger partial charge on any atom is 0.174 e. The third-order valence-electron chi connectivity index (χ3n) is 1.47. The van der Waals surface area contributed by atoms with E-state index >= 15 is 0 Å². The summed E-state index contributed by atoms with van der Waals surface area (Å²) < 4.78 is 18.0. The van der Waals surface area contributed by atoms with Crippen LogP contribution in [0.2, 0.25) is 0 Å². The van der Waals surface area contributed by atoms with Gasteiger partial charge in [0.1, 0.15) is 6.07 Å². The number of para-hydroxylation sites is 1. The predicted molar refractivity (Wildman–Crippen MR) is 50.1 cm³/mol. The smallest absolute Gasteiger partial charge is 0.174 e. The van der Waals surface area contributed by atoms with Gasteiger partial charge in [-0.15, -0.1) is 0 Å². The number of hydrogen-bond donors (Lipinski definition) is 0. The molecule has 1 aromatic carbocycles. The van der Waals surface area contributed by atoms with Crippen molar-refractivity contribution in [1.29, 1.82) is 5.26 Å². The van der Waals surface area contributed by atoms with E-state index in [1.165, 1.54) is 6.07 Å². The van der Waals surface area contributed by atoms with E-state index in [2.05, 4.69) is 15.9 Å². The highest BCUT2D eigenvalue weighted by atomic mass is 79.9. The summed E-state index contributed by atoms with van der Waals surface area (Å²) in [6, 6.07) is 6.44. The quantitative estimate of drug-likeness (QED) is 0.765. The molecule has 68 valence electrons. The average molecular weight is 244 g/mol. The molecule has 0 radical (unpaired) electrons. The van der Waals surface area contributed by atoms with E-state index in [9.17, 15) is 4.39 Å². The summed E-state index contributed by atoms with van der Waals surface area (Å²) in [5.41, 5.74) is 0.704. The van der Waals surface area contributed by atoms with Crippen molar-refractivity contribution in [3.63, 3.8) is 0 Å². The normalized spacial score (nSPS) is 9.31. The summed E-state index contributed by atoms with van der Waals surface area (Å²) in [7, 11) is 0. The van der Waals surface area contributed by atoms with Gasteiger partial charge in [0.2, 0.25) is 0 Å². The van der Waals surface area contributed by atoms with E-state index in [-0.39, 0.29) is 12.4 Å². The first-order valence-electron chi connectivity index (χ1n) is 3.62. The average Bonchev–Trinajstić information content (AvgIpc) is 2.15. The van der Waals surface area contributed by atoms with Crippen molar-refractivity contribution < 1.29 is 9.13 Å². The standard InChI is InChI=1S/C9H7BrFNO/c10-6-7-2-1-3-8(11)9(7)13-5-4-12/h1-3H,5-6H2. The zero-order valence-corrected chi connectivity index (χ0v) is 8.34. The number of nitrogens with zero attached hydrogens (tertiary/aromatic N) is 1. The second-order valence-corrected chi connectivity index (χ2v) is 2.87. The van der Waals surface area contributed by atoms with E-state index in [0.29, 0.717) is 10.9 Å². The molecule has 13 heavy (non-hydrogen) atoms. The van der Waals surface area contributed by atoms with E-state index < -0.39 is 5.82 Å². The van der Waals surface area contributed by atoms with Crippen LogP contribution in [-0.2, 0) is 5.33 Å². The van der Waals surface area contributed by atoms with Crippen LogP contribution >= 0.6 is 15.9 Å². The molecule has 0 aliphatic heterocycles. The van der Waals surface area contributed by atoms with Crippen molar-refractivity contribution in [2.45, 2.75) is 5.33 Å². The second kappa shape index (κ2) is 4.83. The molecule has 0 heterocycles. The third-order valence-corrected chi connectivity index (χ3v) is 2.08. The highest BCUT2D eigenvalue weighted by molar-refractivity contribution is 9.08. The Kier molecular flexibility index (Phi) is 3.71. The lowest BCUT2D eigenvalue weighted by molar-refractivity contribution is 0.343. The number of hydrogen-bond acceptors (Lipinski definition) is 2. The highest BCUT2D eigenvalue weighted by Gasteiger charge is 2.07. The maximum absolute atomic E-state index is 13.1. The fourth-order valence-electron chi connectivity index (χ4n) is 0.925. The van der Waals surface area contributed by atoms with E-state index in [4.69, 9.17) is 10.00 Å². The van der Waals surface area contributed by atoms with Gasteiger partial charge in [-0.1, -0.05) is 28.1 Å². The number of alkyl halides is 1. The van der Waals surface area contributed by atoms with Gasteiger partial charge in [-0.3, -0.25) is 0 Å². The molecule has 0 saturated carbocycles. The summed E-state index contributed by atoms with van der Waals surface area (Å²) in [6.45, 7) is -0.138. The van der Waals surface area contributed by atoms with Gasteiger partial charge in [0, 0.05) is 10.9 Å². The largest absolute Gasteiger partial charge is 0.475 e. The lowest BCUT2D eigenvalue weighted by Gasteiger charge is -2.07. The summed E-state index contributed by atoms with van der Waals surface area (Å²) in [6.07, 6.45) is 0. The first kappa shape index (κ1) is 10.0. The fourth-order valence-corrected chi connectivity index (χ4v) is 1.37. The molecule has 0 bridgehead atoms. The second-order valence-electron chi connectivity index (χ2n) is 2.31. The number of rotatable bonds is 3. The van der Waals surface area contributed by atoms with Gasteiger partial charge < -0.3 is 4.74 Å². The molecule has 2 nitrogen and oxygen atoms in total. The molecule has 4 heteroatoms. The summed E-state index contributed by atoms with van der Waals surface area (Å²) in [5.74, 6) is -0.284. The number of nitriles is 1. The third kappa shape index (κ3) is 2.43. The van der Waals surface area contributed by atoms with Gasteiger partial charge >= 0.3 is 0 Å². The van der Waals surface area contributed by atoms with Crippen molar-refractivity contribution in [1.82, 2.24) is 0 Å². The Morgan fingerprint density at radius 2 is 2.31 bits per heavy atom. The lowest BCUT2D eigenvalue weighted by atomic mass is 10.2. The molecule has 1 rings (SSSR count). The van der Waals surface area contributed by atoms with Crippen LogP contribution in [0.25, 0.3) is 0 Å². The van der Waals surface area contributed by atoms with Gasteiger partial charge in [-0.05, 0) is 6.07 Å². The minimum absolute atomic E-state index is 0.138. The zero-order valence-electron chi connectivity index (χ0n) is 6.76. The molecule has 0 aromatic heterocycles. The summed E-state index contributed by atoms with van der Waals surface area (Å²) in [5, 5.41) is 8.78. The molecule has 0 spiro atoms.